The molecule has 0 aromatic heterocycles. The van der Waals surface area contributed by atoms with Crippen molar-refractivity contribution in [3.63, 3.8) is 0 Å². The number of carbonyl (C=O) groups is 2. The van der Waals surface area contributed by atoms with Crippen LogP contribution in [0.3, 0.4) is 0 Å². The summed E-state index contributed by atoms with van der Waals surface area (Å²) in [5.41, 5.74) is 0.828. The molecular formula is C20H21ClN2O6S. The number of hydrogen-bond donors (Lipinski definition) is 1. The number of anilines is 1. The molecule has 1 amide bonds. The summed E-state index contributed by atoms with van der Waals surface area (Å²) in [5.74, 6) is -0.102. The molecule has 0 unspecified atom stereocenters. The highest BCUT2D eigenvalue weighted by atomic mass is 35.5. The van der Waals surface area contributed by atoms with Crippen molar-refractivity contribution in [3.8, 4) is 5.75 Å². The lowest BCUT2D eigenvalue weighted by Crippen LogP contribution is -2.40. The standard InChI is InChI=1S/C20H21ClN2O6S/c1-14(24)15-2-5-17(6-3-15)29-13-20(25)22-16-4-7-18(21)19(12-16)30(26,27)23-8-10-28-11-9-23/h2-7,12H,8-11,13H2,1H3,(H,22,25). The van der Waals surface area contributed by atoms with Gasteiger partial charge in [-0.2, -0.15) is 4.31 Å². The molecule has 1 N–H and O–H groups in total. The summed E-state index contributed by atoms with van der Waals surface area (Å²) in [4.78, 5) is 23.4. The Bertz CT molecular complexity index is 1030. The Morgan fingerprint density at radius 2 is 1.80 bits per heavy atom. The molecule has 8 nitrogen and oxygen atoms in total. The van der Waals surface area contributed by atoms with Crippen LogP contribution < -0.4 is 10.1 Å². The first-order chi connectivity index (χ1) is 14.3. The zero-order valence-electron chi connectivity index (χ0n) is 16.3. The van der Waals surface area contributed by atoms with Crippen LogP contribution >= 0.6 is 11.6 Å². The summed E-state index contributed by atoms with van der Waals surface area (Å²) >= 11 is 6.11. The minimum absolute atomic E-state index is 0.0649. The number of rotatable bonds is 7. The van der Waals surface area contributed by atoms with Gasteiger partial charge in [0.05, 0.1) is 18.2 Å². The van der Waals surface area contributed by atoms with Crippen LogP contribution in [0.25, 0.3) is 0 Å². The lowest BCUT2D eigenvalue weighted by atomic mass is 10.1. The fraction of sp³-hybridized carbons (Fsp3) is 0.300. The number of ether oxygens (including phenoxy) is 2. The highest BCUT2D eigenvalue weighted by Crippen LogP contribution is 2.28. The van der Waals surface area contributed by atoms with Gasteiger partial charge in [-0.3, -0.25) is 9.59 Å². The first kappa shape index (κ1) is 22.2. The second-order valence-electron chi connectivity index (χ2n) is 6.58. The summed E-state index contributed by atoms with van der Waals surface area (Å²) < 4.78 is 37.6. The highest BCUT2D eigenvalue weighted by molar-refractivity contribution is 7.89. The highest BCUT2D eigenvalue weighted by Gasteiger charge is 2.28. The SMILES string of the molecule is CC(=O)c1ccc(OCC(=O)Nc2ccc(Cl)c(S(=O)(=O)N3CCOCC3)c2)cc1. The minimum atomic E-state index is -3.81. The van der Waals surface area contributed by atoms with E-state index in [-0.39, 0.29) is 41.1 Å². The molecule has 1 fully saturated rings. The minimum Gasteiger partial charge on any atom is -0.484 e. The Morgan fingerprint density at radius 3 is 2.43 bits per heavy atom. The largest absolute Gasteiger partial charge is 0.484 e. The van der Waals surface area contributed by atoms with Crippen molar-refractivity contribution >= 4 is 39.0 Å². The molecule has 10 heteroatoms. The van der Waals surface area contributed by atoms with Crippen molar-refractivity contribution in [2.45, 2.75) is 11.8 Å². The Morgan fingerprint density at radius 1 is 1.13 bits per heavy atom. The Hall–Kier alpha value is -2.46. The number of nitrogens with zero attached hydrogens (tertiary/aromatic N) is 1. The first-order valence-corrected chi connectivity index (χ1v) is 11.0. The molecule has 1 heterocycles. The summed E-state index contributed by atoms with van der Waals surface area (Å²) in [6.45, 7) is 2.30. The quantitative estimate of drug-likeness (QED) is 0.648. The van der Waals surface area contributed by atoms with E-state index in [1.807, 2.05) is 0 Å². The van der Waals surface area contributed by atoms with Crippen LogP contribution in [0, 0.1) is 0 Å². The molecular weight excluding hydrogens is 432 g/mol. The molecule has 1 saturated heterocycles. The van der Waals surface area contributed by atoms with E-state index in [4.69, 9.17) is 21.1 Å². The summed E-state index contributed by atoms with van der Waals surface area (Å²) in [6.07, 6.45) is 0. The number of hydrogen-bond acceptors (Lipinski definition) is 6. The van der Waals surface area contributed by atoms with Gasteiger partial charge in [-0.15, -0.1) is 0 Å². The average molecular weight is 453 g/mol. The maximum atomic E-state index is 12.9. The van der Waals surface area contributed by atoms with E-state index in [1.165, 1.54) is 29.4 Å². The van der Waals surface area contributed by atoms with Crippen LogP contribution in [0.4, 0.5) is 5.69 Å². The van der Waals surface area contributed by atoms with Gasteiger partial charge >= 0.3 is 0 Å². The molecule has 0 bridgehead atoms. The Balaban J connectivity index is 1.65. The molecule has 3 rings (SSSR count). The van der Waals surface area contributed by atoms with E-state index in [1.54, 1.807) is 24.3 Å². The smallest absolute Gasteiger partial charge is 0.262 e. The number of carbonyl (C=O) groups excluding carboxylic acids is 2. The van der Waals surface area contributed by atoms with E-state index >= 15 is 0 Å². The zero-order valence-corrected chi connectivity index (χ0v) is 17.8. The third-order valence-electron chi connectivity index (χ3n) is 4.43. The average Bonchev–Trinajstić information content (AvgIpc) is 2.74. The lowest BCUT2D eigenvalue weighted by Gasteiger charge is -2.26. The van der Waals surface area contributed by atoms with Gasteiger partial charge in [-0.25, -0.2) is 8.42 Å². The Kier molecular flexibility index (Phi) is 7.09. The number of nitrogens with one attached hydrogen (secondary N) is 1. The number of Topliss-reactive ketones (excluding diaryl/α,β-unsaturated/α-hetero) is 1. The van der Waals surface area contributed by atoms with Crippen molar-refractivity contribution in [2.75, 3.05) is 38.2 Å². The molecule has 30 heavy (non-hydrogen) atoms. The van der Waals surface area contributed by atoms with Crippen LogP contribution in [-0.2, 0) is 19.6 Å². The first-order valence-electron chi connectivity index (χ1n) is 9.18. The van der Waals surface area contributed by atoms with Crippen LogP contribution in [-0.4, -0.2) is 57.3 Å². The molecule has 0 spiro atoms. The number of sulfonamides is 1. The van der Waals surface area contributed by atoms with Crippen molar-refractivity contribution in [3.05, 3.63) is 53.1 Å². The van der Waals surface area contributed by atoms with Crippen molar-refractivity contribution in [1.82, 2.24) is 4.31 Å². The van der Waals surface area contributed by atoms with Gasteiger partial charge in [0, 0.05) is 24.3 Å². The van der Waals surface area contributed by atoms with Crippen LogP contribution in [0.1, 0.15) is 17.3 Å². The fourth-order valence-electron chi connectivity index (χ4n) is 2.84. The summed E-state index contributed by atoms with van der Waals surface area (Å²) in [5, 5.41) is 2.67. The maximum absolute atomic E-state index is 12.9. The third-order valence-corrected chi connectivity index (χ3v) is 6.81. The van der Waals surface area contributed by atoms with Gasteiger partial charge in [-0.1, -0.05) is 11.6 Å². The van der Waals surface area contributed by atoms with E-state index in [9.17, 15) is 18.0 Å². The number of ketones is 1. The predicted octanol–water partition coefficient (Wildman–Crippen LogP) is 2.58. The van der Waals surface area contributed by atoms with Crippen molar-refractivity contribution in [2.24, 2.45) is 0 Å². The third kappa shape index (κ3) is 5.37. The van der Waals surface area contributed by atoms with Crippen molar-refractivity contribution < 1.29 is 27.5 Å². The molecule has 160 valence electrons. The molecule has 0 atom stereocenters. The van der Waals surface area contributed by atoms with Gasteiger partial charge in [-0.05, 0) is 49.4 Å². The lowest BCUT2D eigenvalue weighted by molar-refractivity contribution is -0.118. The second-order valence-corrected chi connectivity index (χ2v) is 8.89. The number of benzene rings is 2. The summed E-state index contributed by atoms with van der Waals surface area (Å²) in [6, 6.07) is 10.7. The van der Waals surface area contributed by atoms with E-state index in [0.29, 0.717) is 24.5 Å². The van der Waals surface area contributed by atoms with Crippen LogP contribution in [0.2, 0.25) is 5.02 Å². The molecule has 0 aliphatic carbocycles. The van der Waals surface area contributed by atoms with Gasteiger partial charge < -0.3 is 14.8 Å². The number of amides is 1. The molecule has 1 aliphatic heterocycles. The molecule has 0 radical (unpaired) electrons. The number of morpholine rings is 1. The molecule has 2 aromatic carbocycles. The van der Waals surface area contributed by atoms with Crippen molar-refractivity contribution in [1.29, 1.82) is 0 Å². The maximum Gasteiger partial charge on any atom is 0.262 e. The van der Waals surface area contributed by atoms with E-state index in [0.717, 1.165) is 0 Å². The van der Waals surface area contributed by atoms with Crippen LogP contribution in [0.5, 0.6) is 5.75 Å². The zero-order chi connectivity index (χ0) is 21.7. The van der Waals surface area contributed by atoms with Crippen LogP contribution in [0.15, 0.2) is 47.4 Å². The van der Waals surface area contributed by atoms with Gasteiger partial charge in [0.15, 0.2) is 12.4 Å². The van der Waals surface area contributed by atoms with Gasteiger partial charge in [0.25, 0.3) is 5.91 Å². The fourth-order valence-corrected chi connectivity index (χ4v) is 4.75. The second kappa shape index (κ2) is 9.57. The molecule has 2 aromatic rings. The molecule has 1 aliphatic rings. The van der Waals surface area contributed by atoms with Gasteiger partial charge in [0.1, 0.15) is 10.6 Å². The number of halogens is 1. The van der Waals surface area contributed by atoms with E-state index in [2.05, 4.69) is 5.32 Å². The molecule has 0 saturated carbocycles. The monoisotopic (exact) mass is 452 g/mol. The normalized spacial score (nSPS) is 14.9. The Labute approximate surface area is 179 Å². The predicted molar refractivity (Wildman–Crippen MR) is 112 cm³/mol. The summed E-state index contributed by atoms with van der Waals surface area (Å²) in [7, 11) is -3.81. The van der Waals surface area contributed by atoms with Gasteiger partial charge in [0.2, 0.25) is 10.0 Å². The van der Waals surface area contributed by atoms with E-state index < -0.39 is 15.9 Å². The topological polar surface area (TPSA) is 102 Å².